The number of nitrogens with zero attached hydrogens (tertiary/aromatic N) is 2. The Morgan fingerprint density at radius 2 is 2.04 bits per heavy atom. The number of aliphatic imine (C=N–C) groups is 1. The zero-order chi connectivity index (χ0) is 19.3. The van der Waals surface area contributed by atoms with Gasteiger partial charge in [-0.25, -0.2) is 4.99 Å². The third-order valence-electron chi connectivity index (χ3n) is 4.72. The van der Waals surface area contributed by atoms with Crippen LogP contribution in [0.5, 0.6) is 0 Å². The summed E-state index contributed by atoms with van der Waals surface area (Å²) in [6.45, 7) is 3.48. The molecule has 0 N–H and O–H groups in total. The van der Waals surface area contributed by atoms with Crippen molar-refractivity contribution in [2.24, 2.45) is 4.99 Å². The summed E-state index contributed by atoms with van der Waals surface area (Å²) in [6.07, 6.45) is 2.05. The van der Waals surface area contributed by atoms with Gasteiger partial charge in [-0.2, -0.15) is 11.8 Å². The standard InChI is InChI=1S/C23H23ClN2OS/c1-17-6-4-7-18(12-17)15-28-16-20-14-27-23(25-20)22-10-5-11-26(22)13-19-8-2-3-9-21(19)24/h2-12,20H,13-16H2,1H3/t20-/m1/s1. The summed E-state index contributed by atoms with van der Waals surface area (Å²) in [4.78, 5) is 4.82. The zero-order valence-corrected chi connectivity index (χ0v) is 17.4. The molecule has 0 spiro atoms. The van der Waals surface area contributed by atoms with E-state index in [9.17, 15) is 0 Å². The molecule has 0 saturated carbocycles. The van der Waals surface area contributed by atoms with Gasteiger partial charge < -0.3 is 9.30 Å². The lowest BCUT2D eigenvalue weighted by molar-refractivity contribution is 0.323. The van der Waals surface area contributed by atoms with E-state index < -0.39 is 0 Å². The summed E-state index contributed by atoms with van der Waals surface area (Å²) in [5.41, 5.74) is 4.76. The number of thioether (sulfide) groups is 1. The molecule has 4 rings (SSSR count). The quantitative estimate of drug-likeness (QED) is 0.508. The van der Waals surface area contributed by atoms with E-state index in [1.54, 1.807) is 0 Å². The average molecular weight is 411 g/mol. The molecule has 0 unspecified atom stereocenters. The lowest BCUT2D eigenvalue weighted by Crippen LogP contribution is -2.11. The number of ether oxygens (including phenoxy) is 1. The van der Waals surface area contributed by atoms with E-state index >= 15 is 0 Å². The second-order valence-corrected chi connectivity index (χ2v) is 8.45. The van der Waals surface area contributed by atoms with Crippen molar-refractivity contribution in [1.82, 2.24) is 4.57 Å². The number of hydrogen-bond acceptors (Lipinski definition) is 3. The van der Waals surface area contributed by atoms with Crippen molar-refractivity contribution >= 4 is 29.3 Å². The minimum atomic E-state index is 0.202. The number of rotatable bonds is 7. The Labute approximate surface area is 175 Å². The van der Waals surface area contributed by atoms with E-state index in [1.807, 2.05) is 48.3 Å². The van der Waals surface area contributed by atoms with Crippen molar-refractivity contribution in [2.75, 3.05) is 12.4 Å². The van der Waals surface area contributed by atoms with Crippen LogP contribution in [0.3, 0.4) is 0 Å². The van der Waals surface area contributed by atoms with Crippen molar-refractivity contribution in [3.63, 3.8) is 0 Å². The van der Waals surface area contributed by atoms with Crippen LogP contribution >= 0.6 is 23.4 Å². The molecule has 28 heavy (non-hydrogen) atoms. The summed E-state index contributed by atoms with van der Waals surface area (Å²) in [5.74, 6) is 2.70. The van der Waals surface area contributed by atoms with Gasteiger partial charge in [-0.15, -0.1) is 0 Å². The molecule has 0 aliphatic carbocycles. The third-order valence-corrected chi connectivity index (χ3v) is 6.25. The van der Waals surface area contributed by atoms with E-state index in [-0.39, 0.29) is 6.04 Å². The maximum Gasteiger partial charge on any atom is 0.233 e. The molecule has 2 heterocycles. The van der Waals surface area contributed by atoms with Gasteiger partial charge in [0.25, 0.3) is 0 Å². The van der Waals surface area contributed by atoms with Gasteiger partial charge in [-0.3, -0.25) is 0 Å². The van der Waals surface area contributed by atoms with Crippen LogP contribution in [0, 0.1) is 6.92 Å². The highest BCUT2D eigenvalue weighted by Gasteiger charge is 2.22. The van der Waals surface area contributed by atoms with Crippen molar-refractivity contribution in [2.45, 2.75) is 25.3 Å². The largest absolute Gasteiger partial charge is 0.474 e. The lowest BCUT2D eigenvalue weighted by Gasteiger charge is -2.10. The Morgan fingerprint density at radius 1 is 1.14 bits per heavy atom. The summed E-state index contributed by atoms with van der Waals surface area (Å²) < 4.78 is 8.06. The molecule has 1 atom stereocenters. The highest BCUT2D eigenvalue weighted by atomic mass is 35.5. The number of aryl methyl sites for hydroxylation is 1. The van der Waals surface area contributed by atoms with E-state index in [0.29, 0.717) is 13.2 Å². The van der Waals surface area contributed by atoms with Crippen LogP contribution in [0.25, 0.3) is 0 Å². The molecule has 144 valence electrons. The predicted molar refractivity (Wildman–Crippen MR) is 119 cm³/mol. The van der Waals surface area contributed by atoms with E-state index in [0.717, 1.165) is 33.7 Å². The molecule has 0 fully saturated rings. The number of hydrogen-bond donors (Lipinski definition) is 0. The first-order valence-corrected chi connectivity index (χ1v) is 10.9. The zero-order valence-electron chi connectivity index (χ0n) is 15.8. The first-order valence-electron chi connectivity index (χ1n) is 9.42. The minimum Gasteiger partial charge on any atom is -0.474 e. The van der Waals surface area contributed by atoms with Crippen molar-refractivity contribution < 1.29 is 4.74 Å². The molecule has 3 nitrogen and oxygen atoms in total. The summed E-state index contributed by atoms with van der Waals surface area (Å²) in [7, 11) is 0. The van der Waals surface area contributed by atoms with Gasteiger partial charge in [-0.05, 0) is 36.2 Å². The van der Waals surface area contributed by atoms with Crippen LogP contribution < -0.4 is 0 Å². The first-order chi connectivity index (χ1) is 13.7. The Hall–Kier alpha value is -2.17. The van der Waals surface area contributed by atoms with Gasteiger partial charge in [0.15, 0.2) is 0 Å². The average Bonchev–Trinajstić information content (AvgIpc) is 3.33. The monoisotopic (exact) mass is 410 g/mol. The Kier molecular flexibility index (Phi) is 6.08. The maximum absolute atomic E-state index is 6.32. The van der Waals surface area contributed by atoms with Gasteiger partial charge in [0.2, 0.25) is 5.90 Å². The molecule has 1 aliphatic rings. The van der Waals surface area contributed by atoms with Crippen LogP contribution in [0.2, 0.25) is 5.02 Å². The fourth-order valence-electron chi connectivity index (χ4n) is 3.31. The van der Waals surface area contributed by atoms with Gasteiger partial charge in [-0.1, -0.05) is 59.6 Å². The highest BCUT2D eigenvalue weighted by Crippen LogP contribution is 2.21. The fraction of sp³-hybridized carbons (Fsp3) is 0.261. The smallest absolute Gasteiger partial charge is 0.233 e. The van der Waals surface area contributed by atoms with E-state index in [1.165, 1.54) is 11.1 Å². The molecule has 0 amide bonds. The second kappa shape index (κ2) is 8.89. The van der Waals surface area contributed by atoms with Crippen molar-refractivity contribution in [3.8, 4) is 0 Å². The molecule has 0 radical (unpaired) electrons. The van der Waals surface area contributed by atoms with Crippen LogP contribution in [-0.4, -0.2) is 28.9 Å². The SMILES string of the molecule is Cc1cccc(CSC[C@H]2COC(c3cccn3Cc3ccccc3Cl)=N2)c1. The normalized spacial score (nSPS) is 16.1. The third kappa shape index (κ3) is 4.62. The van der Waals surface area contributed by atoms with Crippen LogP contribution in [0.1, 0.15) is 22.4 Å². The predicted octanol–water partition coefficient (Wildman–Crippen LogP) is 5.58. The van der Waals surface area contributed by atoms with Gasteiger partial charge >= 0.3 is 0 Å². The molecule has 2 aromatic carbocycles. The van der Waals surface area contributed by atoms with Gasteiger partial charge in [0.05, 0.1) is 6.04 Å². The van der Waals surface area contributed by atoms with Crippen LogP contribution in [0.4, 0.5) is 0 Å². The summed E-state index contributed by atoms with van der Waals surface area (Å²) >= 11 is 8.23. The summed E-state index contributed by atoms with van der Waals surface area (Å²) in [6, 6.07) is 20.9. The minimum absolute atomic E-state index is 0.202. The molecule has 0 saturated heterocycles. The molecule has 0 bridgehead atoms. The molecular formula is C23H23ClN2OS. The topological polar surface area (TPSA) is 26.5 Å². The van der Waals surface area contributed by atoms with Crippen LogP contribution in [0.15, 0.2) is 71.9 Å². The Balaban J connectivity index is 1.38. The van der Waals surface area contributed by atoms with E-state index in [2.05, 4.69) is 41.8 Å². The number of aromatic nitrogens is 1. The summed E-state index contributed by atoms with van der Waals surface area (Å²) in [5, 5.41) is 0.779. The fourth-order valence-corrected chi connectivity index (χ4v) is 4.48. The number of halogens is 1. The van der Waals surface area contributed by atoms with Crippen LogP contribution in [-0.2, 0) is 17.0 Å². The molecule has 5 heteroatoms. The lowest BCUT2D eigenvalue weighted by atomic mass is 10.2. The molecule has 3 aromatic rings. The Bertz CT molecular complexity index is 982. The van der Waals surface area contributed by atoms with Crippen molar-refractivity contribution in [1.29, 1.82) is 0 Å². The number of benzene rings is 2. The first kappa shape index (κ1) is 19.2. The molecule has 1 aliphatic heterocycles. The molecule has 1 aromatic heterocycles. The maximum atomic E-state index is 6.32. The second-order valence-electron chi connectivity index (χ2n) is 7.02. The van der Waals surface area contributed by atoms with Crippen molar-refractivity contribution in [3.05, 3.63) is 94.3 Å². The Morgan fingerprint density at radius 3 is 2.89 bits per heavy atom. The molecular weight excluding hydrogens is 388 g/mol. The highest BCUT2D eigenvalue weighted by molar-refractivity contribution is 7.98. The van der Waals surface area contributed by atoms with E-state index in [4.69, 9.17) is 21.3 Å². The van der Waals surface area contributed by atoms with Gasteiger partial charge in [0, 0.05) is 29.3 Å². The van der Waals surface area contributed by atoms with Gasteiger partial charge in [0.1, 0.15) is 12.3 Å².